The second-order valence-electron chi connectivity index (χ2n) is 8.82. The average molecular weight is 570 g/mol. The van der Waals surface area contributed by atoms with Crippen LogP contribution in [-0.4, -0.2) is 73.6 Å². The summed E-state index contributed by atoms with van der Waals surface area (Å²) in [5, 5.41) is 3.58. The van der Waals surface area contributed by atoms with E-state index >= 15 is 0 Å². The van der Waals surface area contributed by atoms with Crippen LogP contribution in [-0.2, 0) is 6.54 Å². The van der Waals surface area contributed by atoms with Crippen LogP contribution in [0.3, 0.4) is 0 Å². The van der Waals surface area contributed by atoms with Crippen molar-refractivity contribution in [2.75, 3.05) is 57.8 Å². The minimum atomic E-state index is -0.150. The fourth-order valence-corrected chi connectivity index (χ4v) is 4.58. The van der Waals surface area contributed by atoms with Gasteiger partial charge in [0.15, 0.2) is 5.96 Å². The largest absolute Gasteiger partial charge is 0.444 e. The molecular formula is C24H36FIN6O. The highest BCUT2D eigenvalue weighted by molar-refractivity contribution is 14.0. The summed E-state index contributed by atoms with van der Waals surface area (Å²) >= 11 is 0. The number of aryl methyl sites for hydroxylation is 2. The number of oxazole rings is 1. The molecule has 0 radical (unpaired) electrons. The number of rotatable bonds is 5. The second-order valence-corrected chi connectivity index (χ2v) is 8.82. The van der Waals surface area contributed by atoms with Crippen molar-refractivity contribution in [3.63, 3.8) is 0 Å². The van der Waals surface area contributed by atoms with Gasteiger partial charge in [-0.3, -0.25) is 9.89 Å². The lowest BCUT2D eigenvalue weighted by Gasteiger charge is -2.38. The summed E-state index contributed by atoms with van der Waals surface area (Å²) in [5.41, 5.74) is 1.68. The Kier molecular flexibility index (Phi) is 9.37. The van der Waals surface area contributed by atoms with Gasteiger partial charge in [-0.25, -0.2) is 9.37 Å². The number of aromatic nitrogens is 1. The first kappa shape index (κ1) is 25.7. The molecule has 1 aromatic heterocycles. The summed E-state index contributed by atoms with van der Waals surface area (Å²) in [6.07, 6.45) is 2.31. The molecule has 1 aromatic carbocycles. The first-order valence-corrected chi connectivity index (χ1v) is 11.6. The third-order valence-electron chi connectivity index (χ3n) is 6.67. The Labute approximate surface area is 213 Å². The van der Waals surface area contributed by atoms with E-state index < -0.39 is 0 Å². The number of nitrogens with one attached hydrogen (secondary N) is 1. The number of piperidine rings is 1. The van der Waals surface area contributed by atoms with Crippen LogP contribution < -0.4 is 10.2 Å². The van der Waals surface area contributed by atoms with Crippen LogP contribution in [0, 0.1) is 25.6 Å². The van der Waals surface area contributed by atoms with E-state index in [9.17, 15) is 4.39 Å². The summed E-state index contributed by atoms with van der Waals surface area (Å²) in [6.45, 7) is 11.1. The predicted molar refractivity (Wildman–Crippen MR) is 141 cm³/mol. The van der Waals surface area contributed by atoms with E-state index in [0.29, 0.717) is 11.6 Å². The quantitative estimate of drug-likeness (QED) is 0.337. The van der Waals surface area contributed by atoms with E-state index in [1.165, 1.54) is 6.07 Å². The highest BCUT2D eigenvalue weighted by Gasteiger charge is 2.24. The first-order chi connectivity index (χ1) is 15.5. The molecule has 2 aromatic rings. The molecule has 2 aliphatic rings. The van der Waals surface area contributed by atoms with Gasteiger partial charge in [-0.05, 0) is 57.8 Å². The van der Waals surface area contributed by atoms with Crippen LogP contribution in [0.1, 0.15) is 30.2 Å². The van der Waals surface area contributed by atoms with Crippen LogP contribution in [0.15, 0.2) is 33.7 Å². The monoisotopic (exact) mass is 570 g/mol. The SMILES string of the molecule is CN=C(NCC1CCN(Cc2nc(C)c(C)o2)CC1)N1CCN(c2ccccc2F)CC1.I. The fourth-order valence-electron chi connectivity index (χ4n) is 4.58. The van der Waals surface area contributed by atoms with Crippen LogP contribution in [0.2, 0.25) is 0 Å². The van der Waals surface area contributed by atoms with Gasteiger partial charge < -0.3 is 19.5 Å². The zero-order valence-corrected chi connectivity index (χ0v) is 22.2. The molecule has 33 heavy (non-hydrogen) atoms. The van der Waals surface area contributed by atoms with Crippen molar-refractivity contribution in [3.05, 3.63) is 47.4 Å². The molecule has 2 fully saturated rings. The Bertz CT molecular complexity index is 900. The van der Waals surface area contributed by atoms with Crippen molar-refractivity contribution in [1.29, 1.82) is 0 Å². The Morgan fingerprint density at radius 3 is 2.42 bits per heavy atom. The van der Waals surface area contributed by atoms with Crippen molar-refractivity contribution in [2.24, 2.45) is 10.9 Å². The van der Waals surface area contributed by atoms with Gasteiger partial charge in [-0.1, -0.05) is 12.1 Å². The Hall–Kier alpha value is -1.88. The van der Waals surface area contributed by atoms with Gasteiger partial charge >= 0.3 is 0 Å². The van der Waals surface area contributed by atoms with Crippen molar-refractivity contribution < 1.29 is 8.81 Å². The average Bonchev–Trinajstić information content (AvgIpc) is 3.12. The molecule has 9 heteroatoms. The summed E-state index contributed by atoms with van der Waals surface area (Å²) in [6, 6.07) is 7.01. The minimum absolute atomic E-state index is 0. The number of aliphatic imine (C=N–C) groups is 1. The lowest BCUT2D eigenvalue weighted by atomic mass is 9.97. The maximum atomic E-state index is 14.1. The lowest BCUT2D eigenvalue weighted by molar-refractivity contribution is 0.163. The predicted octanol–water partition coefficient (Wildman–Crippen LogP) is 3.66. The van der Waals surface area contributed by atoms with Gasteiger partial charge in [0, 0.05) is 39.8 Å². The van der Waals surface area contributed by atoms with Gasteiger partial charge in [0.1, 0.15) is 11.6 Å². The molecule has 0 saturated carbocycles. The smallest absolute Gasteiger partial charge is 0.208 e. The maximum absolute atomic E-state index is 14.1. The van der Waals surface area contributed by atoms with Gasteiger partial charge in [0.2, 0.25) is 5.89 Å². The van der Waals surface area contributed by atoms with E-state index in [1.807, 2.05) is 33.0 Å². The highest BCUT2D eigenvalue weighted by Crippen LogP contribution is 2.21. The number of benzene rings is 1. The van der Waals surface area contributed by atoms with Crippen LogP contribution in [0.25, 0.3) is 0 Å². The second kappa shape index (κ2) is 12.0. The van der Waals surface area contributed by atoms with E-state index in [2.05, 4.69) is 30.0 Å². The van der Waals surface area contributed by atoms with Gasteiger partial charge in [-0.15, -0.1) is 24.0 Å². The molecule has 1 N–H and O–H groups in total. The number of guanidine groups is 1. The molecule has 182 valence electrons. The van der Waals surface area contributed by atoms with E-state index in [0.717, 1.165) is 88.5 Å². The number of hydrogen-bond donors (Lipinski definition) is 1. The zero-order valence-electron chi connectivity index (χ0n) is 19.9. The standard InChI is InChI=1S/C24H35FN6O.HI/c1-18-19(2)32-23(28-18)17-29-10-8-20(9-11-29)16-27-24(26-3)31-14-12-30(13-15-31)22-7-5-4-6-21(22)25;/h4-7,20H,8-17H2,1-3H3,(H,26,27);1H. The third kappa shape index (κ3) is 6.59. The van der Waals surface area contributed by atoms with Crippen molar-refractivity contribution >= 4 is 35.6 Å². The fraction of sp³-hybridized carbons (Fsp3) is 0.583. The molecule has 2 saturated heterocycles. The molecule has 0 bridgehead atoms. The first-order valence-electron chi connectivity index (χ1n) is 11.6. The molecule has 7 nitrogen and oxygen atoms in total. The Morgan fingerprint density at radius 2 is 1.82 bits per heavy atom. The number of hydrogen-bond acceptors (Lipinski definition) is 5. The topological polar surface area (TPSA) is 60.1 Å². The molecule has 0 amide bonds. The van der Waals surface area contributed by atoms with E-state index in [1.54, 1.807) is 6.07 Å². The van der Waals surface area contributed by atoms with Gasteiger partial charge in [0.25, 0.3) is 0 Å². The molecule has 2 aliphatic heterocycles. The maximum Gasteiger partial charge on any atom is 0.208 e. The summed E-state index contributed by atoms with van der Waals surface area (Å²) in [4.78, 5) is 15.8. The zero-order chi connectivity index (χ0) is 22.5. The van der Waals surface area contributed by atoms with Crippen LogP contribution in [0.5, 0.6) is 0 Å². The number of nitrogens with zero attached hydrogens (tertiary/aromatic N) is 5. The number of piperazine rings is 1. The minimum Gasteiger partial charge on any atom is -0.444 e. The van der Waals surface area contributed by atoms with E-state index in [-0.39, 0.29) is 29.8 Å². The summed E-state index contributed by atoms with van der Waals surface area (Å²) in [7, 11) is 1.84. The van der Waals surface area contributed by atoms with Gasteiger partial charge in [-0.2, -0.15) is 0 Å². The third-order valence-corrected chi connectivity index (χ3v) is 6.67. The number of anilines is 1. The van der Waals surface area contributed by atoms with Gasteiger partial charge in [0.05, 0.1) is 17.9 Å². The highest BCUT2D eigenvalue weighted by atomic mass is 127. The molecule has 4 rings (SSSR count). The lowest BCUT2D eigenvalue weighted by Crippen LogP contribution is -2.53. The number of para-hydroxylation sites is 1. The summed E-state index contributed by atoms with van der Waals surface area (Å²) in [5.74, 6) is 3.18. The normalized spacial score (nSPS) is 18.4. The van der Waals surface area contributed by atoms with Crippen molar-refractivity contribution in [2.45, 2.75) is 33.2 Å². The molecule has 0 unspecified atom stereocenters. The molecular weight excluding hydrogens is 534 g/mol. The Balaban J connectivity index is 0.00000306. The molecule has 3 heterocycles. The number of likely N-dealkylation sites (tertiary alicyclic amines) is 1. The molecule has 0 spiro atoms. The van der Waals surface area contributed by atoms with Crippen molar-refractivity contribution in [1.82, 2.24) is 20.1 Å². The van der Waals surface area contributed by atoms with E-state index in [4.69, 9.17) is 4.42 Å². The van der Waals surface area contributed by atoms with Crippen LogP contribution >= 0.6 is 24.0 Å². The molecule has 0 atom stereocenters. The van der Waals surface area contributed by atoms with Crippen molar-refractivity contribution in [3.8, 4) is 0 Å². The Morgan fingerprint density at radius 1 is 1.12 bits per heavy atom. The van der Waals surface area contributed by atoms with Crippen LogP contribution in [0.4, 0.5) is 10.1 Å². The number of halogens is 2. The summed E-state index contributed by atoms with van der Waals surface area (Å²) < 4.78 is 19.8. The molecule has 0 aliphatic carbocycles.